The van der Waals surface area contributed by atoms with Gasteiger partial charge in [-0.15, -0.1) is 0 Å². The minimum atomic E-state index is -0.689. The molecule has 3 N–H and O–H groups in total. The van der Waals surface area contributed by atoms with Gasteiger partial charge in [0.2, 0.25) is 0 Å². The molecule has 3 atom stereocenters. The van der Waals surface area contributed by atoms with Gasteiger partial charge in [0.25, 0.3) is 0 Å². The minimum Gasteiger partial charge on any atom is -0.394 e. The van der Waals surface area contributed by atoms with E-state index in [0.717, 1.165) is 0 Å². The van der Waals surface area contributed by atoms with Gasteiger partial charge in [-0.2, -0.15) is 0 Å². The molecule has 3 unspecified atom stereocenters. The molecule has 0 fully saturated rings. The van der Waals surface area contributed by atoms with Gasteiger partial charge in [0.15, 0.2) is 0 Å². The van der Waals surface area contributed by atoms with Crippen molar-refractivity contribution >= 4 is 0 Å². The monoisotopic (exact) mass is 294 g/mol. The van der Waals surface area contributed by atoms with Gasteiger partial charge in [-0.3, -0.25) is 0 Å². The first-order valence-corrected chi connectivity index (χ1v) is 7.15. The number of aliphatic hydroxyl groups is 3. The Morgan fingerprint density at radius 2 is 1.40 bits per heavy atom. The Hall–Kier alpha value is -0.240. The maximum Gasteiger partial charge on any atom is 0.115 e. The summed E-state index contributed by atoms with van der Waals surface area (Å²) in [5.74, 6) is 0. The van der Waals surface area contributed by atoms with E-state index in [1.807, 2.05) is 6.92 Å². The van der Waals surface area contributed by atoms with E-state index in [1.54, 1.807) is 20.8 Å². The molecule has 0 heterocycles. The Morgan fingerprint density at radius 3 is 1.70 bits per heavy atom. The molecule has 0 rings (SSSR count). The number of rotatable bonds is 12. The van der Waals surface area contributed by atoms with Crippen LogP contribution in [-0.4, -0.2) is 72.3 Å². The molecule has 0 aromatic heterocycles. The van der Waals surface area contributed by atoms with Gasteiger partial charge < -0.3 is 29.5 Å². The first-order valence-electron chi connectivity index (χ1n) is 7.15. The van der Waals surface area contributed by atoms with Crippen LogP contribution in [0.4, 0.5) is 0 Å². The van der Waals surface area contributed by atoms with Crippen LogP contribution in [0.15, 0.2) is 0 Å². The zero-order chi connectivity index (χ0) is 15.6. The second-order valence-electron chi connectivity index (χ2n) is 5.38. The number of ether oxygens (including phenoxy) is 3. The molecule has 20 heavy (non-hydrogen) atoms. The summed E-state index contributed by atoms with van der Waals surface area (Å²) in [4.78, 5) is 0. The predicted octanol–water partition coefficient (Wildman–Crippen LogP) is 0.327. The van der Waals surface area contributed by atoms with Crippen molar-refractivity contribution in [3.8, 4) is 0 Å². The van der Waals surface area contributed by atoms with Crippen molar-refractivity contribution in [2.75, 3.05) is 33.0 Å². The van der Waals surface area contributed by atoms with E-state index in [1.165, 1.54) is 0 Å². The van der Waals surface area contributed by atoms with Crippen molar-refractivity contribution in [3.05, 3.63) is 0 Å². The summed E-state index contributed by atoms with van der Waals surface area (Å²) in [5, 5.41) is 27.6. The third-order valence-electron chi connectivity index (χ3n) is 2.80. The van der Waals surface area contributed by atoms with Crippen molar-refractivity contribution in [2.24, 2.45) is 0 Å². The Balaban J connectivity index is 4.51. The van der Waals surface area contributed by atoms with Crippen molar-refractivity contribution in [1.82, 2.24) is 0 Å². The summed E-state index contributed by atoms with van der Waals surface area (Å²) in [6.07, 6.45) is -0.784. The van der Waals surface area contributed by atoms with Crippen LogP contribution < -0.4 is 0 Å². The van der Waals surface area contributed by atoms with Crippen LogP contribution in [-0.2, 0) is 14.2 Å². The molecule has 0 aliphatic heterocycles. The molecule has 6 heteroatoms. The Morgan fingerprint density at radius 1 is 0.950 bits per heavy atom. The number of aliphatic hydroxyl groups excluding tert-OH is 3. The maximum absolute atomic E-state index is 9.23. The molecule has 0 saturated heterocycles. The molecule has 122 valence electrons. The first-order chi connectivity index (χ1) is 9.35. The van der Waals surface area contributed by atoms with E-state index in [0.29, 0.717) is 6.42 Å². The quantitative estimate of drug-likeness (QED) is 0.481. The van der Waals surface area contributed by atoms with E-state index < -0.39 is 17.8 Å². The van der Waals surface area contributed by atoms with Gasteiger partial charge in [-0.1, -0.05) is 6.92 Å². The van der Waals surface area contributed by atoms with Gasteiger partial charge in [0.05, 0.1) is 51.3 Å². The zero-order valence-electron chi connectivity index (χ0n) is 13.0. The predicted molar refractivity (Wildman–Crippen MR) is 75.7 cm³/mol. The lowest BCUT2D eigenvalue weighted by molar-refractivity contribution is -0.175. The fourth-order valence-electron chi connectivity index (χ4n) is 1.69. The lowest BCUT2D eigenvalue weighted by atomic mass is 10.0. The van der Waals surface area contributed by atoms with Crippen molar-refractivity contribution in [3.63, 3.8) is 0 Å². The van der Waals surface area contributed by atoms with Crippen LogP contribution in [0.25, 0.3) is 0 Å². The molecule has 0 aliphatic rings. The van der Waals surface area contributed by atoms with Crippen molar-refractivity contribution in [2.45, 2.75) is 58.0 Å². The van der Waals surface area contributed by atoms with E-state index in [-0.39, 0.29) is 39.1 Å². The molecule has 0 saturated carbocycles. The highest BCUT2D eigenvalue weighted by molar-refractivity contribution is 4.81. The summed E-state index contributed by atoms with van der Waals surface area (Å²) in [6, 6.07) is 0. The van der Waals surface area contributed by atoms with Gasteiger partial charge in [-0.25, -0.2) is 0 Å². The second-order valence-corrected chi connectivity index (χ2v) is 5.38. The summed E-state index contributed by atoms with van der Waals surface area (Å²) >= 11 is 0. The van der Waals surface area contributed by atoms with Crippen LogP contribution in [0.3, 0.4) is 0 Å². The van der Waals surface area contributed by atoms with Crippen LogP contribution in [0, 0.1) is 0 Å². The largest absolute Gasteiger partial charge is 0.394 e. The van der Waals surface area contributed by atoms with E-state index >= 15 is 0 Å². The fraction of sp³-hybridized carbons (Fsp3) is 1.00. The van der Waals surface area contributed by atoms with Crippen LogP contribution in [0.1, 0.15) is 34.1 Å². The zero-order valence-corrected chi connectivity index (χ0v) is 13.0. The normalized spacial score (nSPS) is 19.4. The van der Waals surface area contributed by atoms with Gasteiger partial charge in [0, 0.05) is 0 Å². The SMILES string of the molecule is CCC(COCC(C)O)(COCC(C)O)OC(C)CO. The Labute approximate surface area is 121 Å². The van der Waals surface area contributed by atoms with E-state index in [2.05, 4.69) is 0 Å². The lowest BCUT2D eigenvalue weighted by Gasteiger charge is -2.35. The Kier molecular flexibility index (Phi) is 10.4. The molecule has 0 aromatic rings. The van der Waals surface area contributed by atoms with E-state index in [4.69, 9.17) is 19.3 Å². The molecule has 0 aromatic carbocycles. The van der Waals surface area contributed by atoms with Crippen molar-refractivity contribution in [1.29, 1.82) is 0 Å². The summed E-state index contributed by atoms with van der Waals surface area (Å²) in [5.41, 5.74) is -0.689. The Bertz CT molecular complexity index is 218. The van der Waals surface area contributed by atoms with Gasteiger partial charge >= 0.3 is 0 Å². The molecular formula is C14H30O6. The average Bonchev–Trinajstić information content (AvgIpc) is 2.37. The average molecular weight is 294 g/mol. The first kappa shape index (κ1) is 19.8. The maximum atomic E-state index is 9.23. The molecule has 0 amide bonds. The smallest absolute Gasteiger partial charge is 0.115 e. The molecule has 0 bridgehead atoms. The summed E-state index contributed by atoms with van der Waals surface area (Å²) < 4.78 is 16.7. The molecule has 0 radical (unpaired) electrons. The number of hydrogen-bond acceptors (Lipinski definition) is 6. The highest BCUT2D eigenvalue weighted by Gasteiger charge is 2.32. The number of hydrogen-bond donors (Lipinski definition) is 3. The third kappa shape index (κ3) is 8.84. The molecular weight excluding hydrogens is 264 g/mol. The van der Waals surface area contributed by atoms with Gasteiger partial charge in [-0.05, 0) is 27.2 Å². The molecule has 6 nitrogen and oxygen atoms in total. The lowest BCUT2D eigenvalue weighted by Crippen LogP contribution is -2.46. The second kappa shape index (κ2) is 10.5. The fourth-order valence-corrected chi connectivity index (χ4v) is 1.69. The highest BCUT2D eigenvalue weighted by atomic mass is 16.6. The van der Waals surface area contributed by atoms with Crippen LogP contribution in [0.2, 0.25) is 0 Å². The minimum absolute atomic E-state index is 0.0887. The van der Waals surface area contributed by atoms with Crippen LogP contribution in [0.5, 0.6) is 0 Å². The van der Waals surface area contributed by atoms with Gasteiger partial charge in [0.1, 0.15) is 5.60 Å². The molecule has 0 aliphatic carbocycles. The summed E-state index contributed by atoms with van der Waals surface area (Å²) in [6.45, 7) is 7.88. The molecule has 0 spiro atoms. The highest BCUT2D eigenvalue weighted by Crippen LogP contribution is 2.20. The third-order valence-corrected chi connectivity index (χ3v) is 2.80. The van der Waals surface area contributed by atoms with E-state index in [9.17, 15) is 10.2 Å². The summed E-state index contributed by atoms with van der Waals surface area (Å²) in [7, 11) is 0. The topological polar surface area (TPSA) is 88.4 Å². The van der Waals surface area contributed by atoms with Crippen LogP contribution >= 0.6 is 0 Å². The standard InChI is InChI=1S/C14H30O6/c1-5-14(20-13(4)6-15,9-18-7-11(2)16)10-19-8-12(3)17/h11-13,15-17H,5-10H2,1-4H3. The van der Waals surface area contributed by atoms with Crippen molar-refractivity contribution < 1.29 is 29.5 Å².